The molecule has 108 valence electrons. The number of anilines is 2. The first-order valence-corrected chi connectivity index (χ1v) is 6.45. The van der Waals surface area contributed by atoms with Crippen molar-refractivity contribution >= 4 is 11.6 Å². The van der Waals surface area contributed by atoms with Gasteiger partial charge in [-0.2, -0.15) is 0 Å². The zero-order chi connectivity index (χ0) is 14.6. The molecule has 0 amide bonds. The molecule has 1 aromatic rings. The highest BCUT2D eigenvalue weighted by Gasteiger charge is 2.18. The number of hydrogen-bond acceptors (Lipinski definition) is 6. The third kappa shape index (κ3) is 4.04. The molecule has 0 aliphatic heterocycles. The maximum atomic E-state index is 5.50. The van der Waals surface area contributed by atoms with Crippen molar-refractivity contribution in [3.8, 4) is 0 Å². The highest BCUT2D eigenvalue weighted by atomic mass is 16.5. The molecule has 19 heavy (non-hydrogen) atoms. The van der Waals surface area contributed by atoms with E-state index in [0.29, 0.717) is 12.4 Å². The maximum absolute atomic E-state index is 5.50. The lowest BCUT2D eigenvalue weighted by Crippen LogP contribution is -2.32. The fourth-order valence-corrected chi connectivity index (χ4v) is 1.47. The third-order valence-corrected chi connectivity index (χ3v) is 3.05. The number of nitrogen functional groups attached to an aromatic ring is 1. The normalized spacial score (nSPS) is 11.8. The second kappa shape index (κ2) is 6.16. The van der Waals surface area contributed by atoms with Crippen LogP contribution in [0.5, 0.6) is 0 Å². The Bertz CT molecular complexity index is 431. The van der Waals surface area contributed by atoms with E-state index in [2.05, 4.69) is 20.7 Å². The van der Waals surface area contributed by atoms with E-state index in [9.17, 15) is 0 Å². The maximum Gasteiger partial charge on any atom is 0.148 e. The van der Waals surface area contributed by atoms with Crippen molar-refractivity contribution in [2.24, 2.45) is 5.84 Å². The van der Waals surface area contributed by atoms with Crippen LogP contribution in [0.3, 0.4) is 0 Å². The van der Waals surface area contributed by atoms with Gasteiger partial charge in [-0.3, -0.25) is 0 Å². The molecule has 1 aromatic heterocycles. The number of nitrogens with two attached hydrogens (primary N) is 1. The van der Waals surface area contributed by atoms with Crippen LogP contribution in [0.4, 0.5) is 11.6 Å². The van der Waals surface area contributed by atoms with Crippen LogP contribution in [0.15, 0.2) is 0 Å². The van der Waals surface area contributed by atoms with Crippen LogP contribution in [0, 0.1) is 6.92 Å². The Hall–Kier alpha value is -1.40. The molecule has 1 heterocycles. The SMILES string of the molecule is COC(C)(C)CNc1nc(C(C)C)nc(NN)c1C. The van der Waals surface area contributed by atoms with E-state index in [1.807, 2.05) is 34.6 Å². The van der Waals surface area contributed by atoms with Gasteiger partial charge in [-0.15, -0.1) is 0 Å². The van der Waals surface area contributed by atoms with Gasteiger partial charge in [-0.05, 0) is 20.8 Å². The highest BCUT2D eigenvalue weighted by Crippen LogP contribution is 2.23. The number of ether oxygens (including phenoxy) is 1. The first-order valence-electron chi connectivity index (χ1n) is 6.45. The first-order chi connectivity index (χ1) is 8.80. The second-order valence-electron chi connectivity index (χ2n) is 5.52. The van der Waals surface area contributed by atoms with Crippen molar-refractivity contribution in [3.05, 3.63) is 11.4 Å². The summed E-state index contributed by atoms with van der Waals surface area (Å²) in [6, 6.07) is 0. The van der Waals surface area contributed by atoms with E-state index in [1.54, 1.807) is 7.11 Å². The van der Waals surface area contributed by atoms with E-state index in [4.69, 9.17) is 10.6 Å². The Kier molecular flexibility index (Phi) is 5.08. The predicted molar refractivity (Wildman–Crippen MR) is 78.2 cm³/mol. The summed E-state index contributed by atoms with van der Waals surface area (Å²) in [6.07, 6.45) is 0. The Labute approximate surface area is 115 Å². The molecule has 0 saturated carbocycles. The van der Waals surface area contributed by atoms with Gasteiger partial charge in [0, 0.05) is 25.1 Å². The standard InChI is InChI=1S/C13H25N5O/c1-8(2)10-16-11(9(3)12(17-10)18-14)15-7-13(4,5)19-6/h8H,7,14H2,1-6H3,(H2,15,16,17,18). The number of aromatic nitrogens is 2. The fourth-order valence-electron chi connectivity index (χ4n) is 1.47. The molecular formula is C13H25N5O. The fraction of sp³-hybridized carbons (Fsp3) is 0.692. The van der Waals surface area contributed by atoms with Crippen LogP contribution in [0.2, 0.25) is 0 Å². The molecule has 1 rings (SSSR count). The molecule has 4 N–H and O–H groups in total. The summed E-state index contributed by atoms with van der Waals surface area (Å²) in [6.45, 7) is 10.7. The molecule has 0 aromatic carbocycles. The molecule has 6 heteroatoms. The van der Waals surface area contributed by atoms with Crippen molar-refractivity contribution in [1.29, 1.82) is 0 Å². The van der Waals surface area contributed by atoms with Gasteiger partial charge in [-0.1, -0.05) is 13.8 Å². The summed E-state index contributed by atoms with van der Waals surface area (Å²) in [5.74, 6) is 7.94. The summed E-state index contributed by atoms with van der Waals surface area (Å²) >= 11 is 0. The van der Waals surface area contributed by atoms with Crippen molar-refractivity contribution in [3.63, 3.8) is 0 Å². The molecule has 0 unspecified atom stereocenters. The summed E-state index contributed by atoms with van der Waals surface area (Å²) in [4.78, 5) is 8.94. The third-order valence-electron chi connectivity index (χ3n) is 3.05. The Morgan fingerprint density at radius 3 is 2.32 bits per heavy atom. The zero-order valence-corrected chi connectivity index (χ0v) is 12.7. The second-order valence-corrected chi connectivity index (χ2v) is 5.52. The monoisotopic (exact) mass is 267 g/mol. The van der Waals surface area contributed by atoms with Gasteiger partial charge in [0.15, 0.2) is 0 Å². The largest absolute Gasteiger partial charge is 0.377 e. The Morgan fingerprint density at radius 2 is 1.84 bits per heavy atom. The summed E-state index contributed by atoms with van der Waals surface area (Å²) in [5.41, 5.74) is 3.26. The zero-order valence-electron chi connectivity index (χ0n) is 12.7. The van der Waals surface area contributed by atoms with Crippen LogP contribution in [-0.4, -0.2) is 29.2 Å². The molecule has 6 nitrogen and oxygen atoms in total. The average Bonchev–Trinajstić information content (AvgIpc) is 2.37. The highest BCUT2D eigenvalue weighted by molar-refractivity contribution is 5.57. The van der Waals surface area contributed by atoms with Gasteiger partial charge in [0.1, 0.15) is 17.5 Å². The van der Waals surface area contributed by atoms with E-state index >= 15 is 0 Å². The Balaban J connectivity index is 3.02. The molecule has 0 aliphatic carbocycles. The summed E-state index contributed by atoms with van der Waals surface area (Å²) in [7, 11) is 1.70. The minimum absolute atomic E-state index is 0.240. The van der Waals surface area contributed by atoms with Crippen molar-refractivity contribution in [1.82, 2.24) is 9.97 Å². The van der Waals surface area contributed by atoms with Crippen LogP contribution in [0.25, 0.3) is 0 Å². The van der Waals surface area contributed by atoms with Gasteiger partial charge in [0.05, 0.1) is 5.60 Å². The topological polar surface area (TPSA) is 85.1 Å². The molecule has 0 saturated heterocycles. The van der Waals surface area contributed by atoms with Crippen molar-refractivity contribution < 1.29 is 4.74 Å². The van der Waals surface area contributed by atoms with Gasteiger partial charge in [0.25, 0.3) is 0 Å². The van der Waals surface area contributed by atoms with E-state index < -0.39 is 0 Å². The molecular weight excluding hydrogens is 242 g/mol. The first kappa shape index (κ1) is 15.7. The number of nitrogens with zero attached hydrogens (tertiary/aromatic N) is 2. The summed E-state index contributed by atoms with van der Waals surface area (Å²) in [5, 5.41) is 3.30. The minimum atomic E-state index is -0.258. The smallest absolute Gasteiger partial charge is 0.148 e. The van der Waals surface area contributed by atoms with Crippen molar-refractivity contribution in [2.45, 2.75) is 46.1 Å². The van der Waals surface area contributed by atoms with E-state index in [-0.39, 0.29) is 11.5 Å². The number of rotatable bonds is 6. The predicted octanol–water partition coefficient (Wildman–Crippen LogP) is 2.03. The van der Waals surface area contributed by atoms with Gasteiger partial charge in [-0.25, -0.2) is 15.8 Å². The van der Waals surface area contributed by atoms with Gasteiger partial charge < -0.3 is 15.5 Å². The van der Waals surface area contributed by atoms with Gasteiger partial charge >= 0.3 is 0 Å². The molecule has 0 aliphatic rings. The molecule has 0 bridgehead atoms. The van der Waals surface area contributed by atoms with Crippen LogP contribution in [0.1, 0.15) is 45.0 Å². The lowest BCUT2D eigenvalue weighted by Gasteiger charge is -2.24. The quantitative estimate of drug-likeness (QED) is 0.540. The number of nitrogens with one attached hydrogen (secondary N) is 2. The van der Waals surface area contributed by atoms with E-state index in [1.165, 1.54) is 0 Å². The molecule has 0 fully saturated rings. The van der Waals surface area contributed by atoms with Crippen LogP contribution in [-0.2, 0) is 4.74 Å². The van der Waals surface area contributed by atoms with Gasteiger partial charge in [0.2, 0.25) is 0 Å². The summed E-state index contributed by atoms with van der Waals surface area (Å²) < 4.78 is 5.39. The van der Waals surface area contributed by atoms with Crippen molar-refractivity contribution in [2.75, 3.05) is 24.4 Å². The van der Waals surface area contributed by atoms with E-state index in [0.717, 1.165) is 17.2 Å². The average molecular weight is 267 g/mol. The molecule has 0 radical (unpaired) electrons. The number of methoxy groups -OCH3 is 1. The number of hydrogen-bond donors (Lipinski definition) is 3. The Morgan fingerprint density at radius 1 is 1.26 bits per heavy atom. The molecule has 0 atom stereocenters. The minimum Gasteiger partial charge on any atom is -0.377 e. The lowest BCUT2D eigenvalue weighted by atomic mass is 10.1. The van der Waals surface area contributed by atoms with Crippen LogP contribution >= 0.6 is 0 Å². The lowest BCUT2D eigenvalue weighted by molar-refractivity contribution is 0.0343. The van der Waals surface area contributed by atoms with Crippen LogP contribution < -0.4 is 16.6 Å². The molecule has 0 spiro atoms. The number of hydrazine groups is 1.